The second-order valence-corrected chi connectivity index (χ2v) is 4.07. The molecule has 0 saturated heterocycles. The van der Waals surface area contributed by atoms with Crippen molar-refractivity contribution >= 4 is 0 Å². The molecule has 14 heavy (non-hydrogen) atoms. The number of fused-ring (bicyclic) bond motifs is 1. The molecule has 0 aromatic heterocycles. The van der Waals surface area contributed by atoms with Crippen molar-refractivity contribution < 1.29 is 9.13 Å². The van der Waals surface area contributed by atoms with E-state index in [0.29, 0.717) is 6.42 Å². The Bertz CT molecular complexity index is 344. The van der Waals surface area contributed by atoms with Crippen LogP contribution in [0.1, 0.15) is 30.9 Å². The van der Waals surface area contributed by atoms with E-state index in [0.717, 1.165) is 29.7 Å². The number of aryl methyl sites for hydroxylation is 1. The zero-order chi connectivity index (χ0) is 10.2. The molecule has 76 valence electrons. The van der Waals surface area contributed by atoms with Crippen LogP contribution in [-0.4, -0.2) is 7.11 Å². The highest BCUT2D eigenvalue weighted by Crippen LogP contribution is 2.39. The third kappa shape index (κ3) is 1.49. The Morgan fingerprint density at radius 1 is 1.43 bits per heavy atom. The third-order valence-corrected chi connectivity index (χ3v) is 2.97. The number of hydrogen-bond donors (Lipinski definition) is 0. The predicted octanol–water partition coefficient (Wildman–Crippen LogP) is 3.22. The average molecular weight is 194 g/mol. The SMILES string of the molecule is COc1ccc2c(c1)C(C)(F)CCC2. The second-order valence-electron chi connectivity index (χ2n) is 4.07. The Morgan fingerprint density at radius 2 is 2.21 bits per heavy atom. The van der Waals surface area contributed by atoms with E-state index in [4.69, 9.17) is 4.74 Å². The van der Waals surface area contributed by atoms with E-state index in [1.807, 2.05) is 18.2 Å². The topological polar surface area (TPSA) is 9.23 Å². The first-order chi connectivity index (χ1) is 6.63. The van der Waals surface area contributed by atoms with Crippen LogP contribution in [0.2, 0.25) is 0 Å². The molecule has 2 heteroatoms. The molecule has 0 N–H and O–H groups in total. The number of benzene rings is 1. The lowest BCUT2D eigenvalue weighted by Crippen LogP contribution is -2.22. The molecular formula is C12H15FO. The fourth-order valence-corrected chi connectivity index (χ4v) is 2.13. The second kappa shape index (κ2) is 3.26. The minimum absolute atomic E-state index is 0.618. The maximum absolute atomic E-state index is 14.1. The summed E-state index contributed by atoms with van der Waals surface area (Å²) in [6.45, 7) is 1.66. The molecule has 1 aromatic rings. The molecule has 1 unspecified atom stereocenters. The third-order valence-electron chi connectivity index (χ3n) is 2.97. The molecule has 1 nitrogen and oxygen atoms in total. The van der Waals surface area contributed by atoms with Gasteiger partial charge in [-0.3, -0.25) is 0 Å². The van der Waals surface area contributed by atoms with Gasteiger partial charge < -0.3 is 4.74 Å². The molecule has 1 atom stereocenters. The van der Waals surface area contributed by atoms with E-state index < -0.39 is 5.67 Å². The van der Waals surface area contributed by atoms with Gasteiger partial charge in [0.15, 0.2) is 0 Å². The summed E-state index contributed by atoms with van der Waals surface area (Å²) in [5, 5.41) is 0. The predicted molar refractivity (Wildman–Crippen MR) is 54.4 cm³/mol. The standard InChI is InChI=1S/C12H15FO/c1-12(13)7-3-4-9-5-6-10(14-2)8-11(9)12/h5-6,8H,3-4,7H2,1-2H3. The van der Waals surface area contributed by atoms with Gasteiger partial charge in [0, 0.05) is 0 Å². The Labute approximate surface area is 83.9 Å². The smallest absolute Gasteiger partial charge is 0.133 e. The van der Waals surface area contributed by atoms with Gasteiger partial charge in [0.05, 0.1) is 7.11 Å². The summed E-state index contributed by atoms with van der Waals surface area (Å²) >= 11 is 0. The fourth-order valence-electron chi connectivity index (χ4n) is 2.13. The van der Waals surface area contributed by atoms with Crippen LogP contribution in [0.15, 0.2) is 18.2 Å². The number of rotatable bonds is 1. The van der Waals surface area contributed by atoms with Gasteiger partial charge in [-0.15, -0.1) is 0 Å². The molecule has 0 radical (unpaired) electrons. The number of methoxy groups -OCH3 is 1. The van der Waals surface area contributed by atoms with Crippen molar-refractivity contribution in [2.75, 3.05) is 7.11 Å². The van der Waals surface area contributed by atoms with Crippen LogP contribution in [0.3, 0.4) is 0 Å². The van der Waals surface area contributed by atoms with Crippen LogP contribution >= 0.6 is 0 Å². The highest BCUT2D eigenvalue weighted by atomic mass is 19.1. The van der Waals surface area contributed by atoms with Gasteiger partial charge in [0.1, 0.15) is 11.4 Å². The fraction of sp³-hybridized carbons (Fsp3) is 0.500. The number of hydrogen-bond acceptors (Lipinski definition) is 1. The minimum atomic E-state index is -1.18. The molecule has 0 bridgehead atoms. The Balaban J connectivity index is 2.49. The van der Waals surface area contributed by atoms with Crippen molar-refractivity contribution in [1.29, 1.82) is 0 Å². The Kier molecular flexibility index (Phi) is 2.22. The summed E-state index contributed by atoms with van der Waals surface area (Å²) in [5.74, 6) is 0.745. The van der Waals surface area contributed by atoms with Crippen LogP contribution in [0.5, 0.6) is 5.75 Å². The molecule has 1 aliphatic carbocycles. The van der Waals surface area contributed by atoms with Crippen LogP contribution in [0, 0.1) is 0 Å². The summed E-state index contributed by atoms with van der Waals surface area (Å²) in [7, 11) is 1.61. The summed E-state index contributed by atoms with van der Waals surface area (Å²) in [6.07, 6.45) is 2.54. The normalized spacial score (nSPS) is 25.6. The van der Waals surface area contributed by atoms with Gasteiger partial charge in [-0.2, -0.15) is 0 Å². The molecule has 0 amide bonds. The molecular weight excluding hydrogens is 179 g/mol. The van der Waals surface area contributed by atoms with Gasteiger partial charge in [0.25, 0.3) is 0 Å². The van der Waals surface area contributed by atoms with Crippen LogP contribution < -0.4 is 4.74 Å². The minimum Gasteiger partial charge on any atom is -0.497 e. The molecule has 0 spiro atoms. The maximum atomic E-state index is 14.1. The Morgan fingerprint density at radius 3 is 2.93 bits per heavy atom. The first-order valence-electron chi connectivity index (χ1n) is 5.00. The molecule has 1 aliphatic rings. The van der Waals surface area contributed by atoms with Crippen molar-refractivity contribution in [3.63, 3.8) is 0 Å². The van der Waals surface area contributed by atoms with Crippen LogP contribution in [0.25, 0.3) is 0 Å². The van der Waals surface area contributed by atoms with Crippen molar-refractivity contribution in [3.8, 4) is 5.75 Å². The molecule has 0 aliphatic heterocycles. The van der Waals surface area contributed by atoms with E-state index in [9.17, 15) is 4.39 Å². The van der Waals surface area contributed by atoms with E-state index in [1.54, 1.807) is 14.0 Å². The van der Waals surface area contributed by atoms with Crippen molar-refractivity contribution in [1.82, 2.24) is 0 Å². The van der Waals surface area contributed by atoms with Crippen molar-refractivity contribution in [2.24, 2.45) is 0 Å². The zero-order valence-corrected chi connectivity index (χ0v) is 8.64. The molecule has 0 heterocycles. The van der Waals surface area contributed by atoms with Gasteiger partial charge in [-0.25, -0.2) is 4.39 Å². The first kappa shape index (κ1) is 9.50. The highest BCUT2D eigenvalue weighted by molar-refractivity contribution is 5.40. The van der Waals surface area contributed by atoms with Gasteiger partial charge in [-0.05, 0) is 49.4 Å². The number of alkyl halides is 1. The lowest BCUT2D eigenvalue weighted by atomic mass is 9.81. The lowest BCUT2D eigenvalue weighted by Gasteiger charge is -2.28. The summed E-state index contributed by atoms with van der Waals surface area (Å²) in [4.78, 5) is 0. The van der Waals surface area contributed by atoms with E-state index in [2.05, 4.69) is 0 Å². The molecule has 2 rings (SSSR count). The summed E-state index contributed by atoms with van der Waals surface area (Å²) in [5.41, 5.74) is 0.757. The monoisotopic (exact) mass is 194 g/mol. The molecule has 1 aromatic carbocycles. The Hall–Kier alpha value is -1.05. The first-order valence-corrected chi connectivity index (χ1v) is 5.00. The number of ether oxygens (including phenoxy) is 1. The van der Waals surface area contributed by atoms with E-state index >= 15 is 0 Å². The summed E-state index contributed by atoms with van der Waals surface area (Å²) < 4.78 is 19.2. The maximum Gasteiger partial charge on any atom is 0.133 e. The summed E-state index contributed by atoms with van der Waals surface area (Å²) in [6, 6.07) is 5.71. The van der Waals surface area contributed by atoms with E-state index in [-0.39, 0.29) is 0 Å². The van der Waals surface area contributed by atoms with Gasteiger partial charge in [0.2, 0.25) is 0 Å². The van der Waals surface area contributed by atoms with Gasteiger partial charge >= 0.3 is 0 Å². The van der Waals surface area contributed by atoms with Crippen molar-refractivity contribution in [3.05, 3.63) is 29.3 Å². The largest absolute Gasteiger partial charge is 0.497 e. The zero-order valence-electron chi connectivity index (χ0n) is 8.64. The average Bonchev–Trinajstić information content (AvgIpc) is 2.17. The van der Waals surface area contributed by atoms with Gasteiger partial charge in [-0.1, -0.05) is 6.07 Å². The number of halogens is 1. The van der Waals surface area contributed by atoms with E-state index in [1.165, 1.54) is 0 Å². The quantitative estimate of drug-likeness (QED) is 0.667. The molecule has 0 saturated carbocycles. The van der Waals surface area contributed by atoms with Crippen LogP contribution in [-0.2, 0) is 12.1 Å². The van der Waals surface area contributed by atoms with Crippen LogP contribution in [0.4, 0.5) is 4.39 Å². The molecule has 0 fully saturated rings. The lowest BCUT2D eigenvalue weighted by molar-refractivity contribution is 0.161. The van der Waals surface area contributed by atoms with Crippen molar-refractivity contribution in [2.45, 2.75) is 31.9 Å². The highest BCUT2D eigenvalue weighted by Gasteiger charge is 2.31.